The molecule has 0 aliphatic carbocycles. The minimum Gasteiger partial charge on any atom is -0.464 e. The summed E-state index contributed by atoms with van der Waals surface area (Å²) < 4.78 is 5.54. The predicted octanol–water partition coefficient (Wildman–Crippen LogP) is 2.65. The van der Waals surface area contributed by atoms with E-state index in [1.54, 1.807) is 24.5 Å². The van der Waals surface area contributed by atoms with E-state index in [2.05, 4.69) is 4.90 Å². The van der Waals surface area contributed by atoms with E-state index in [0.717, 1.165) is 25.9 Å². The SMILES string of the molecule is O=c1c(CN2CCC[C@@H](CO)C2)coc2ccc(Cl)cc12. The van der Waals surface area contributed by atoms with Crippen molar-refractivity contribution in [2.24, 2.45) is 5.92 Å². The van der Waals surface area contributed by atoms with E-state index in [1.165, 1.54) is 0 Å². The summed E-state index contributed by atoms with van der Waals surface area (Å²) in [6.45, 7) is 2.53. The summed E-state index contributed by atoms with van der Waals surface area (Å²) in [6, 6.07) is 5.08. The topological polar surface area (TPSA) is 53.7 Å². The Labute approximate surface area is 127 Å². The number of halogens is 1. The lowest BCUT2D eigenvalue weighted by Gasteiger charge is -2.31. The summed E-state index contributed by atoms with van der Waals surface area (Å²) in [7, 11) is 0. The molecule has 0 bridgehead atoms. The number of aliphatic hydroxyl groups is 1. The van der Waals surface area contributed by atoms with Gasteiger partial charge in [-0.3, -0.25) is 9.69 Å². The Morgan fingerprint density at radius 1 is 1.43 bits per heavy atom. The normalized spacial score (nSPS) is 20.0. The molecule has 1 atom stereocenters. The highest BCUT2D eigenvalue weighted by Gasteiger charge is 2.20. The third-order valence-electron chi connectivity index (χ3n) is 4.06. The number of hydrogen-bond donors (Lipinski definition) is 1. The van der Waals surface area contributed by atoms with Crippen LogP contribution in [0.1, 0.15) is 18.4 Å². The van der Waals surface area contributed by atoms with Crippen LogP contribution in [-0.4, -0.2) is 29.7 Å². The molecule has 1 aliphatic heterocycles. The molecule has 2 aromatic rings. The van der Waals surface area contributed by atoms with Crippen LogP contribution in [0.4, 0.5) is 0 Å². The number of piperidine rings is 1. The number of rotatable bonds is 3. The molecule has 21 heavy (non-hydrogen) atoms. The Kier molecular flexibility index (Phi) is 4.29. The molecule has 112 valence electrons. The molecule has 5 heteroatoms. The Morgan fingerprint density at radius 2 is 2.29 bits per heavy atom. The molecular formula is C16H18ClNO3. The van der Waals surface area contributed by atoms with Gasteiger partial charge in [-0.2, -0.15) is 0 Å². The monoisotopic (exact) mass is 307 g/mol. The molecule has 0 radical (unpaired) electrons. The minimum atomic E-state index is -0.0233. The average molecular weight is 308 g/mol. The Balaban J connectivity index is 1.87. The van der Waals surface area contributed by atoms with E-state index >= 15 is 0 Å². The largest absolute Gasteiger partial charge is 0.464 e. The molecule has 1 saturated heterocycles. The Hall–Kier alpha value is -1.36. The molecule has 0 unspecified atom stereocenters. The summed E-state index contributed by atoms with van der Waals surface area (Å²) in [5, 5.41) is 10.3. The number of likely N-dealkylation sites (tertiary alicyclic amines) is 1. The molecule has 3 rings (SSSR count). The van der Waals surface area contributed by atoms with E-state index in [1.807, 2.05) is 0 Å². The molecule has 2 heterocycles. The standard InChI is InChI=1S/C16H18ClNO3/c17-13-3-4-15-14(6-13)16(20)12(10-21-15)8-18-5-1-2-11(7-18)9-19/h3-4,6,10-11,19H,1-2,5,7-9H2/t11-/m1/s1. The fraction of sp³-hybridized carbons (Fsp3) is 0.438. The zero-order valence-electron chi connectivity index (χ0n) is 11.7. The van der Waals surface area contributed by atoms with Crippen molar-refractivity contribution in [2.45, 2.75) is 19.4 Å². The van der Waals surface area contributed by atoms with Gasteiger partial charge in [-0.15, -0.1) is 0 Å². The maximum atomic E-state index is 12.5. The minimum absolute atomic E-state index is 0.0233. The van der Waals surface area contributed by atoms with E-state index in [0.29, 0.717) is 34.0 Å². The number of nitrogens with zero attached hydrogens (tertiary/aromatic N) is 1. The summed E-state index contributed by atoms with van der Waals surface area (Å²) in [6.07, 6.45) is 3.64. The van der Waals surface area contributed by atoms with Gasteiger partial charge < -0.3 is 9.52 Å². The van der Waals surface area contributed by atoms with Crippen molar-refractivity contribution in [3.63, 3.8) is 0 Å². The Morgan fingerprint density at radius 3 is 3.10 bits per heavy atom. The molecule has 1 aromatic carbocycles. The van der Waals surface area contributed by atoms with Crippen LogP contribution in [0.2, 0.25) is 5.02 Å². The van der Waals surface area contributed by atoms with Gasteiger partial charge in [0.05, 0.1) is 11.6 Å². The summed E-state index contributed by atoms with van der Waals surface area (Å²) in [5.74, 6) is 0.306. The fourth-order valence-corrected chi connectivity index (χ4v) is 3.11. The maximum Gasteiger partial charge on any atom is 0.197 e. The number of fused-ring (bicyclic) bond motifs is 1. The van der Waals surface area contributed by atoms with Gasteiger partial charge in [0, 0.05) is 30.3 Å². The van der Waals surface area contributed by atoms with Crippen molar-refractivity contribution < 1.29 is 9.52 Å². The second kappa shape index (κ2) is 6.18. The number of hydrogen-bond acceptors (Lipinski definition) is 4. The number of benzene rings is 1. The van der Waals surface area contributed by atoms with Gasteiger partial charge in [0.2, 0.25) is 0 Å². The van der Waals surface area contributed by atoms with Crippen molar-refractivity contribution in [1.29, 1.82) is 0 Å². The van der Waals surface area contributed by atoms with Crippen molar-refractivity contribution in [3.8, 4) is 0 Å². The highest BCUT2D eigenvalue weighted by Crippen LogP contribution is 2.20. The lowest BCUT2D eigenvalue weighted by atomic mass is 9.98. The molecule has 0 spiro atoms. The molecule has 4 nitrogen and oxygen atoms in total. The highest BCUT2D eigenvalue weighted by atomic mass is 35.5. The molecule has 1 aliphatic rings. The fourth-order valence-electron chi connectivity index (χ4n) is 2.94. The summed E-state index contributed by atoms with van der Waals surface area (Å²) in [4.78, 5) is 14.7. The molecule has 1 aromatic heterocycles. The van der Waals surface area contributed by atoms with E-state index in [9.17, 15) is 9.90 Å². The van der Waals surface area contributed by atoms with E-state index < -0.39 is 0 Å². The van der Waals surface area contributed by atoms with Crippen LogP contribution in [0.3, 0.4) is 0 Å². The molecule has 0 amide bonds. The first kappa shape index (κ1) is 14.6. The maximum absolute atomic E-state index is 12.5. The molecule has 0 saturated carbocycles. The molecule has 1 fully saturated rings. The van der Waals surface area contributed by atoms with Crippen LogP contribution in [0, 0.1) is 5.92 Å². The lowest BCUT2D eigenvalue weighted by Crippen LogP contribution is -2.37. The number of aliphatic hydroxyl groups excluding tert-OH is 1. The zero-order chi connectivity index (χ0) is 14.8. The molecule has 1 N–H and O–H groups in total. The Bertz CT molecular complexity index is 697. The van der Waals surface area contributed by atoms with Gasteiger partial charge in [-0.1, -0.05) is 11.6 Å². The van der Waals surface area contributed by atoms with Crippen molar-refractivity contribution in [2.75, 3.05) is 19.7 Å². The first-order valence-electron chi connectivity index (χ1n) is 7.20. The quantitative estimate of drug-likeness (QED) is 0.947. The predicted molar refractivity (Wildman–Crippen MR) is 82.6 cm³/mol. The van der Waals surface area contributed by atoms with Crippen LogP contribution in [0.5, 0.6) is 0 Å². The van der Waals surface area contributed by atoms with Gasteiger partial charge in [0.1, 0.15) is 5.58 Å². The van der Waals surface area contributed by atoms with Gasteiger partial charge in [0.25, 0.3) is 0 Å². The lowest BCUT2D eigenvalue weighted by molar-refractivity contribution is 0.115. The van der Waals surface area contributed by atoms with Crippen molar-refractivity contribution in [1.82, 2.24) is 4.90 Å². The first-order chi connectivity index (χ1) is 10.2. The van der Waals surface area contributed by atoms with Crippen LogP contribution in [0.25, 0.3) is 11.0 Å². The second-order valence-electron chi connectivity index (χ2n) is 5.66. The van der Waals surface area contributed by atoms with Gasteiger partial charge >= 0.3 is 0 Å². The van der Waals surface area contributed by atoms with Gasteiger partial charge in [0.15, 0.2) is 5.43 Å². The van der Waals surface area contributed by atoms with Crippen LogP contribution >= 0.6 is 11.6 Å². The van der Waals surface area contributed by atoms with Crippen LogP contribution in [-0.2, 0) is 6.54 Å². The first-order valence-corrected chi connectivity index (χ1v) is 7.58. The van der Waals surface area contributed by atoms with Crippen LogP contribution < -0.4 is 5.43 Å². The summed E-state index contributed by atoms with van der Waals surface area (Å²) in [5.41, 5.74) is 1.17. The smallest absolute Gasteiger partial charge is 0.197 e. The average Bonchev–Trinajstić information content (AvgIpc) is 2.51. The molecular weight excluding hydrogens is 290 g/mol. The highest BCUT2D eigenvalue weighted by molar-refractivity contribution is 6.31. The third kappa shape index (κ3) is 3.12. The van der Waals surface area contributed by atoms with E-state index in [4.69, 9.17) is 16.0 Å². The van der Waals surface area contributed by atoms with Crippen LogP contribution in [0.15, 0.2) is 33.7 Å². The van der Waals surface area contributed by atoms with E-state index in [-0.39, 0.29) is 12.0 Å². The van der Waals surface area contributed by atoms with Gasteiger partial charge in [-0.05, 0) is 43.5 Å². The third-order valence-corrected chi connectivity index (χ3v) is 4.30. The van der Waals surface area contributed by atoms with Gasteiger partial charge in [-0.25, -0.2) is 0 Å². The van der Waals surface area contributed by atoms with Crippen molar-refractivity contribution in [3.05, 3.63) is 45.3 Å². The zero-order valence-corrected chi connectivity index (χ0v) is 12.5. The van der Waals surface area contributed by atoms with Crippen molar-refractivity contribution >= 4 is 22.6 Å². The second-order valence-corrected chi connectivity index (χ2v) is 6.09. The summed E-state index contributed by atoms with van der Waals surface area (Å²) >= 11 is 5.95.